The summed E-state index contributed by atoms with van der Waals surface area (Å²) in [6.07, 6.45) is 5.31. The molecule has 4 heteroatoms. The summed E-state index contributed by atoms with van der Waals surface area (Å²) < 4.78 is 0. The number of carbonyl (C=O) groups excluding carboxylic acids is 1. The molecule has 0 saturated carbocycles. The van der Waals surface area contributed by atoms with Crippen LogP contribution in [0.3, 0.4) is 0 Å². The molecule has 1 rings (SSSR count). The van der Waals surface area contributed by atoms with Gasteiger partial charge in [-0.15, -0.1) is 0 Å². The van der Waals surface area contributed by atoms with Crippen molar-refractivity contribution < 1.29 is 4.79 Å². The highest BCUT2D eigenvalue weighted by Gasteiger charge is 2.15. The van der Waals surface area contributed by atoms with E-state index >= 15 is 0 Å². The van der Waals surface area contributed by atoms with Crippen molar-refractivity contribution in [1.29, 1.82) is 0 Å². The number of benzene rings is 1. The fraction of sp³-hybridized carbons (Fsp3) is 0.533. The van der Waals surface area contributed by atoms with Gasteiger partial charge in [-0.2, -0.15) is 0 Å². The van der Waals surface area contributed by atoms with Crippen LogP contribution in [0, 0.1) is 0 Å². The second-order valence-corrected chi connectivity index (χ2v) is 5.25. The number of nitrogen functional groups attached to an aromatic ring is 1. The Kier molecular flexibility index (Phi) is 6.71. The molecule has 3 nitrogen and oxygen atoms in total. The zero-order valence-electron chi connectivity index (χ0n) is 11.7. The van der Waals surface area contributed by atoms with Crippen LogP contribution in [0.2, 0.25) is 5.02 Å². The first-order valence-electron chi connectivity index (χ1n) is 6.94. The summed E-state index contributed by atoms with van der Waals surface area (Å²) in [6.45, 7) is 4.28. The number of hydrogen-bond acceptors (Lipinski definition) is 2. The second-order valence-electron chi connectivity index (χ2n) is 4.84. The van der Waals surface area contributed by atoms with Crippen LogP contribution in [0.4, 0.5) is 5.69 Å². The van der Waals surface area contributed by atoms with Gasteiger partial charge in [-0.25, -0.2) is 0 Å². The molecule has 0 saturated heterocycles. The van der Waals surface area contributed by atoms with Crippen molar-refractivity contribution in [3.05, 3.63) is 28.8 Å². The third-order valence-corrected chi connectivity index (χ3v) is 3.44. The summed E-state index contributed by atoms with van der Waals surface area (Å²) in [4.78, 5) is 12.2. The van der Waals surface area contributed by atoms with Gasteiger partial charge in [0.15, 0.2) is 0 Å². The van der Waals surface area contributed by atoms with E-state index in [2.05, 4.69) is 19.2 Å². The summed E-state index contributed by atoms with van der Waals surface area (Å²) in [5.41, 5.74) is 6.71. The Morgan fingerprint density at radius 3 is 2.68 bits per heavy atom. The Bertz CT molecular complexity index is 421. The van der Waals surface area contributed by atoms with E-state index in [-0.39, 0.29) is 11.9 Å². The van der Waals surface area contributed by atoms with Crippen LogP contribution < -0.4 is 11.1 Å². The molecule has 19 heavy (non-hydrogen) atoms. The highest BCUT2D eigenvalue weighted by atomic mass is 35.5. The van der Waals surface area contributed by atoms with E-state index in [1.54, 1.807) is 18.2 Å². The number of hydrogen-bond donors (Lipinski definition) is 2. The van der Waals surface area contributed by atoms with Gasteiger partial charge in [0.2, 0.25) is 0 Å². The van der Waals surface area contributed by atoms with Gasteiger partial charge in [0, 0.05) is 11.7 Å². The minimum absolute atomic E-state index is 0.133. The topological polar surface area (TPSA) is 55.1 Å². The first kappa shape index (κ1) is 15.8. The molecule has 1 unspecified atom stereocenters. The fourth-order valence-electron chi connectivity index (χ4n) is 2.07. The molecule has 0 fully saturated rings. The Morgan fingerprint density at radius 2 is 2.05 bits per heavy atom. The smallest absolute Gasteiger partial charge is 0.253 e. The molecule has 1 atom stereocenters. The highest BCUT2D eigenvalue weighted by Crippen LogP contribution is 2.19. The molecule has 0 spiro atoms. The van der Waals surface area contributed by atoms with Crippen molar-refractivity contribution in [3.8, 4) is 0 Å². The highest BCUT2D eigenvalue weighted by molar-refractivity contribution is 6.34. The van der Waals surface area contributed by atoms with Crippen molar-refractivity contribution >= 4 is 23.2 Å². The van der Waals surface area contributed by atoms with Gasteiger partial charge >= 0.3 is 0 Å². The summed E-state index contributed by atoms with van der Waals surface area (Å²) in [5.74, 6) is -0.133. The van der Waals surface area contributed by atoms with Crippen molar-refractivity contribution in [1.82, 2.24) is 5.32 Å². The van der Waals surface area contributed by atoms with Crippen LogP contribution in [0.25, 0.3) is 0 Å². The predicted octanol–water partition coefficient (Wildman–Crippen LogP) is 4.01. The number of anilines is 1. The van der Waals surface area contributed by atoms with Gasteiger partial charge in [-0.05, 0) is 31.0 Å². The van der Waals surface area contributed by atoms with Gasteiger partial charge in [-0.3, -0.25) is 4.79 Å². The summed E-state index contributed by atoms with van der Waals surface area (Å²) in [5, 5.41) is 3.50. The molecule has 1 aromatic carbocycles. The summed E-state index contributed by atoms with van der Waals surface area (Å²) in [7, 11) is 0. The average Bonchev–Trinajstić information content (AvgIpc) is 2.39. The van der Waals surface area contributed by atoms with Gasteiger partial charge in [0.25, 0.3) is 5.91 Å². The lowest BCUT2D eigenvalue weighted by Crippen LogP contribution is -2.35. The number of unbranched alkanes of at least 4 members (excludes halogenated alkanes) is 1. The van der Waals surface area contributed by atoms with Crippen molar-refractivity contribution in [2.45, 2.75) is 52.0 Å². The van der Waals surface area contributed by atoms with Crippen LogP contribution in [-0.4, -0.2) is 11.9 Å². The molecule has 0 aliphatic heterocycles. The monoisotopic (exact) mass is 282 g/mol. The van der Waals surface area contributed by atoms with Crippen molar-refractivity contribution in [3.63, 3.8) is 0 Å². The first-order valence-corrected chi connectivity index (χ1v) is 7.32. The van der Waals surface area contributed by atoms with Gasteiger partial charge in [-0.1, -0.05) is 44.7 Å². The average molecular weight is 283 g/mol. The second kappa shape index (κ2) is 8.05. The van der Waals surface area contributed by atoms with Crippen molar-refractivity contribution in [2.24, 2.45) is 0 Å². The predicted molar refractivity (Wildman–Crippen MR) is 81.6 cm³/mol. The van der Waals surface area contributed by atoms with E-state index in [0.29, 0.717) is 16.3 Å². The molecule has 1 aromatic rings. The molecule has 0 aromatic heterocycles. The van der Waals surface area contributed by atoms with Crippen LogP contribution in [0.5, 0.6) is 0 Å². The normalized spacial score (nSPS) is 12.2. The fourth-order valence-corrected chi connectivity index (χ4v) is 2.27. The molecular weight excluding hydrogens is 260 g/mol. The molecule has 3 N–H and O–H groups in total. The minimum Gasteiger partial charge on any atom is -0.399 e. The van der Waals surface area contributed by atoms with Crippen LogP contribution in [0.15, 0.2) is 18.2 Å². The largest absolute Gasteiger partial charge is 0.399 e. The van der Waals surface area contributed by atoms with E-state index < -0.39 is 0 Å². The van der Waals surface area contributed by atoms with E-state index in [0.717, 1.165) is 32.1 Å². The maximum atomic E-state index is 12.2. The molecule has 0 aliphatic carbocycles. The maximum absolute atomic E-state index is 12.2. The molecule has 0 aliphatic rings. The lowest BCUT2D eigenvalue weighted by Gasteiger charge is -2.18. The Labute approximate surface area is 120 Å². The van der Waals surface area contributed by atoms with Crippen LogP contribution in [0.1, 0.15) is 56.3 Å². The number of rotatable bonds is 7. The molecule has 106 valence electrons. The Morgan fingerprint density at radius 1 is 1.32 bits per heavy atom. The van der Waals surface area contributed by atoms with E-state index in [4.69, 9.17) is 17.3 Å². The van der Waals surface area contributed by atoms with Crippen molar-refractivity contribution in [2.75, 3.05) is 5.73 Å². The summed E-state index contributed by atoms with van der Waals surface area (Å²) in [6, 6.07) is 5.20. The third kappa shape index (κ3) is 5.11. The van der Waals surface area contributed by atoms with E-state index in [9.17, 15) is 4.79 Å². The number of amides is 1. The third-order valence-electron chi connectivity index (χ3n) is 3.11. The van der Waals surface area contributed by atoms with Crippen LogP contribution in [-0.2, 0) is 0 Å². The standard InChI is InChI=1S/C15H23ClN2O/c1-3-5-7-12(6-4-2)18-15(19)13-10-11(17)8-9-14(13)16/h8-10,12H,3-7,17H2,1-2H3,(H,18,19). The molecular formula is C15H23ClN2O. The number of nitrogens with two attached hydrogens (primary N) is 1. The molecule has 0 bridgehead atoms. The van der Waals surface area contributed by atoms with Gasteiger partial charge in [0.05, 0.1) is 10.6 Å². The molecule has 1 amide bonds. The molecule has 0 heterocycles. The quantitative estimate of drug-likeness (QED) is 0.743. The summed E-state index contributed by atoms with van der Waals surface area (Å²) >= 11 is 6.04. The molecule has 0 radical (unpaired) electrons. The lowest BCUT2D eigenvalue weighted by atomic mass is 10.0. The number of carbonyl (C=O) groups is 1. The van der Waals surface area contributed by atoms with Gasteiger partial charge < -0.3 is 11.1 Å². The minimum atomic E-state index is -0.133. The Hall–Kier alpha value is -1.22. The number of halogens is 1. The lowest BCUT2D eigenvalue weighted by molar-refractivity contribution is 0.0932. The SMILES string of the molecule is CCCCC(CCC)NC(=O)c1cc(N)ccc1Cl. The zero-order chi connectivity index (χ0) is 14.3. The Balaban J connectivity index is 2.72. The van der Waals surface area contributed by atoms with Crippen LogP contribution >= 0.6 is 11.6 Å². The van der Waals surface area contributed by atoms with E-state index in [1.165, 1.54) is 0 Å². The number of nitrogens with one attached hydrogen (secondary N) is 1. The van der Waals surface area contributed by atoms with Gasteiger partial charge in [0.1, 0.15) is 0 Å². The maximum Gasteiger partial charge on any atom is 0.253 e. The first-order chi connectivity index (χ1) is 9.08. The van der Waals surface area contributed by atoms with E-state index in [1.807, 2.05) is 0 Å². The zero-order valence-corrected chi connectivity index (χ0v) is 12.5.